The summed E-state index contributed by atoms with van der Waals surface area (Å²) < 4.78 is 5.40. The molecule has 2 aliphatic rings. The molecule has 2 heterocycles. The number of anilines is 1. The Hall–Kier alpha value is -2.41. The van der Waals surface area contributed by atoms with Gasteiger partial charge in [-0.1, -0.05) is 36.8 Å². The van der Waals surface area contributed by atoms with E-state index in [0.717, 1.165) is 19.3 Å². The van der Waals surface area contributed by atoms with Gasteiger partial charge in [0.05, 0.1) is 6.10 Å². The molecule has 1 aliphatic heterocycles. The minimum Gasteiger partial charge on any atom is -0.481 e. The van der Waals surface area contributed by atoms with Gasteiger partial charge in [-0.05, 0) is 49.2 Å². The van der Waals surface area contributed by atoms with Crippen molar-refractivity contribution in [3.8, 4) is 0 Å². The Bertz CT molecular complexity index is 805. The van der Waals surface area contributed by atoms with Crippen molar-refractivity contribution >= 4 is 11.9 Å². The van der Waals surface area contributed by atoms with Crippen LogP contribution in [-0.2, 0) is 11.2 Å². The fourth-order valence-electron chi connectivity index (χ4n) is 4.24. The average Bonchev–Trinajstić information content (AvgIpc) is 3.12. The Balaban J connectivity index is 1.46. The molecule has 4 rings (SSSR count). The second kappa shape index (κ2) is 7.91. The van der Waals surface area contributed by atoms with Gasteiger partial charge in [-0.25, -0.2) is 0 Å². The molecular weight excluding hydrogens is 358 g/mol. The SMILES string of the molecule is O=C(O)[C@]1(CCCc2ccccc2)CN(c2noc(C3CCC3)n2)CC[C@H]1O. The maximum absolute atomic E-state index is 12.2. The van der Waals surface area contributed by atoms with Crippen LogP contribution in [0, 0.1) is 5.41 Å². The van der Waals surface area contributed by atoms with Crippen molar-refractivity contribution in [2.75, 3.05) is 18.0 Å². The summed E-state index contributed by atoms with van der Waals surface area (Å²) in [5.41, 5.74) is -0.0434. The normalized spacial score (nSPS) is 25.5. The summed E-state index contributed by atoms with van der Waals surface area (Å²) >= 11 is 0. The lowest BCUT2D eigenvalue weighted by molar-refractivity contribution is -0.158. The second-order valence-electron chi connectivity index (χ2n) is 8.09. The number of carboxylic acids is 1. The number of hydrogen-bond acceptors (Lipinski definition) is 6. The van der Waals surface area contributed by atoms with E-state index in [1.807, 2.05) is 35.2 Å². The standard InChI is InChI=1S/C21H27N3O4/c25-17-11-13-24(20-22-18(28-23-20)16-9-4-10-16)14-21(17,19(26)27)12-5-8-15-6-2-1-3-7-15/h1-3,6-7,16-17,25H,4-5,8-14H2,(H,26,27)/t17-,21-/m1/s1. The minimum absolute atomic E-state index is 0.196. The van der Waals surface area contributed by atoms with Crippen molar-refractivity contribution in [1.82, 2.24) is 10.1 Å². The van der Waals surface area contributed by atoms with Crippen LogP contribution in [0.1, 0.15) is 55.9 Å². The van der Waals surface area contributed by atoms with Crippen molar-refractivity contribution in [2.24, 2.45) is 5.41 Å². The molecule has 7 nitrogen and oxygen atoms in total. The van der Waals surface area contributed by atoms with Crippen LogP contribution in [0.5, 0.6) is 0 Å². The zero-order valence-electron chi connectivity index (χ0n) is 16.0. The molecule has 0 spiro atoms. The summed E-state index contributed by atoms with van der Waals surface area (Å²) in [6.07, 6.45) is 4.71. The number of aliphatic carboxylic acids is 1. The number of aliphatic hydroxyl groups is 1. The van der Waals surface area contributed by atoms with Gasteiger partial charge in [0, 0.05) is 19.0 Å². The highest BCUT2D eigenvalue weighted by Gasteiger charge is 2.49. The van der Waals surface area contributed by atoms with Crippen molar-refractivity contribution in [3.63, 3.8) is 0 Å². The molecule has 2 atom stereocenters. The first kappa shape index (κ1) is 18.9. The quantitative estimate of drug-likeness (QED) is 0.756. The molecule has 1 saturated carbocycles. The first-order valence-corrected chi connectivity index (χ1v) is 10.1. The topological polar surface area (TPSA) is 99.7 Å². The van der Waals surface area contributed by atoms with Crippen LogP contribution in [0.4, 0.5) is 5.95 Å². The molecule has 2 aromatic rings. The third kappa shape index (κ3) is 3.63. The Morgan fingerprint density at radius 2 is 2.04 bits per heavy atom. The first-order chi connectivity index (χ1) is 13.6. The molecule has 1 aromatic carbocycles. The van der Waals surface area contributed by atoms with Crippen LogP contribution in [0.3, 0.4) is 0 Å². The predicted molar refractivity (Wildman–Crippen MR) is 103 cm³/mol. The van der Waals surface area contributed by atoms with Crippen LogP contribution in [0.15, 0.2) is 34.9 Å². The molecule has 2 fully saturated rings. The van der Waals surface area contributed by atoms with Gasteiger partial charge in [0.15, 0.2) is 0 Å². The van der Waals surface area contributed by atoms with Crippen LogP contribution in [0.2, 0.25) is 0 Å². The molecule has 0 radical (unpaired) electrons. The lowest BCUT2D eigenvalue weighted by Crippen LogP contribution is -2.56. The van der Waals surface area contributed by atoms with E-state index < -0.39 is 17.5 Å². The third-order valence-corrected chi connectivity index (χ3v) is 6.31. The van der Waals surface area contributed by atoms with Gasteiger partial charge < -0.3 is 19.6 Å². The lowest BCUT2D eigenvalue weighted by atomic mass is 9.73. The smallest absolute Gasteiger partial charge is 0.314 e. The zero-order chi connectivity index (χ0) is 19.6. The van der Waals surface area contributed by atoms with Gasteiger partial charge in [0.1, 0.15) is 5.41 Å². The number of aromatic nitrogens is 2. The Labute approximate surface area is 164 Å². The highest BCUT2D eigenvalue weighted by Crippen LogP contribution is 2.39. The number of benzene rings is 1. The molecule has 0 unspecified atom stereocenters. The van der Waals surface area contributed by atoms with Gasteiger partial charge >= 0.3 is 5.97 Å². The summed E-state index contributed by atoms with van der Waals surface area (Å²) in [6.45, 7) is 0.723. The largest absolute Gasteiger partial charge is 0.481 e. The first-order valence-electron chi connectivity index (χ1n) is 10.1. The maximum Gasteiger partial charge on any atom is 0.314 e. The van der Waals surface area contributed by atoms with E-state index >= 15 is 0 Å². The molecule has 0 amide bonds. The number of nitrogens with zero attached hydrogens (tertiary/aromatic N) is 3. The fourth-order valence-corrected chi connectivity index (χ4v) is 4.24. The fraction of sp³-hybridized carbons (Fsp3) is 0.571. The van der Waals surface area contributed by atoms with Crippen molar-refractivity contribution in [2.45, 2.75) is 57.0 Å². The van der Waals surface area contributed by atoms with E-state index in [0.29, 0.717) is 43.6 Å². The van der Waals surface area contributed by atoms with Gasteiger partial charge in [-0.15, -0.1) is 0 Å². The lowest BCUT2D eigenvalue weighted by Gasteiger charge is -2.43. The Kier molecular flexibility index (Phi) is 5.35. The molecule has 1 saturated heterocycles. The van der Waals surface area contributed by atoms with Gasteiger partial charge in [-0.3, -0.25) is 4.79 Å². The van der Waals surface area contributed by atoms with E-state index in [2.05, 4.69) is 10.1 Å². The monoisotopic (exact) mass is 385 g/mol. The summed E-state index contributed by atoms with van der Waals surface area (Å²) in [5, 5.41) is 24.7. The third-order valence-electron chi connectivity index (χ3n) is 6.31. The second-order valence-corrected chi connectivity index (χ2v) is 8.09. The van der Waals surface area contributed by atoms with Gasteiger partial charge in [0.2, 0.25) is 5.89 Å². The summed E-state index contributed by atoms with van der Waals surface area (Å²) in [4.78, 5) is 18.6. The molecule has 1 aliphatic carbocycles. The maximum atomic E-state index is 12.2. The van der Waals surface area contributed by atoms with Gasteiger partial charge in [0.25, 0.3) is 5.95 Å². The summed E-state index contributed by atoms with van der Waals surface area (Å²) in [5.74, 6) is 0.479. The number of rotatable bonds is 7. The summed E-state index contributed by atoms with van der Waals surface area (Å²) in [7, 11) is 0. The summed E-state index contributed by atoms with van der Waals surface area (Å²) in [6, 6.07) is 10.0. The molecule has 7 heteroatoms. The van der Waals surface area contributed by atoms with Crippen LogP contribution in [0.25, 0.3) is 0 Å². The van der Waals surface area contributed by atoms with Crippen LogP contribution in [-0.4, -0.2) is 45.5 Å². The zero-order valence-corrected chi connectivity index (χ0v) is 16.0. The number of aryl methyl sites for hydroxylation is 1. The minimum atomic E-state index is -1.22. The van der Waals surface area contributed by atoms with E-state index in [1.54, 1.807) is 0 Å². The van der Waals surface area contributed by atoms with Crippen LogP contribution >= 0.6 is 0 Å². The predicted octanol–water partition coefficient (Wildman–Crippen LogP) is 3.00. The number of aliphatic hydroxyl groups excluding tert-OH is 1. The number of hydrogen-bond donors (Lipinski definition) is 2. The van der Waals surface area contributed by atoms with Crippen LogP contribution < -0.4 is 4.90 Å². The molecule has 28 heavy (non-hydrogen) atoms. The highest BCUT2D eigenvalue weighted by molar-refractivity contribution is 5.76. The van der Waals surface area contributed by atoms with Crippen molar-refractivity contribution in [3.05, 3.63) is 41.8 Å². The molecular formula is C21H27N3O4. The van der Waals surface area contributed by atoms with Crippen molar-refractivity contribution in [1.29, 1.82) is 0 Å². The molecule has 1 aromatic heterocycles. The Morgan fingerprint density at radius 1 is 1.25 bits per heavy atom. The van der Waals surface area contributed by atoms with Crippen molar-refractivity contribution < 1.29 is 19.5 Å². The van der Waals surface area contributed by atoms with E-state index in [-0.39, 0.29) is 6.54 Å². The Morgan fingerprint density at radius 3 is 2.71 bits per heavy atom. The molecule has 150 valence electrons. The van der Waals surface area contributed by atoms with E-state index in [4.69, 9.17) is 4.52 Å². The highest BCUT2D eigenvalue weighted by atomic mass is 16.5. The average molecular weight is 385 g/mol. The number of carbonyl (C=O) groups is 1. The number of carboxylic acid groups (broad SMARTS) is 1. The molecule has 0 bridgehead atoms. The number of piperidine rings is 1. The van der Waals surface area contributed by atoms with E-state index in [1.165, 1.54) is 12.0 Å². The van der Waals surface area contributed by atoms with E-state index in [9.17, 15) is 15.0 Å². The van der Waals surface area contributed by atoms with Gasteiger partial charge in [-0.2, -0.15) is 4.98 Å². The molecule has 2 N–H and O–H groups in total.